The van der Waals surface area contributed by atoms with E-state index in [0.29, 0.717) is 5.82 Å². The second kappa shape index (κ2) is 7.83. The van der Waals surface area contributed by atoms with Crippen LogP contribution >= 0.6 is 0 Å². The lowest BCUT2D eigenvalue weighted by atomic mass is 10.1. The largest absolute Gasteiger partial charge is 0.386 e. The molecule has 0 aliphatic rings. The average Bonchev–Trinajstić information content (AvgIpc) is 3.07. The standard InChI is InChI=1S/C18H18FN5O2/c1-12-21-22-23-24(12)14-8-6-13(7-9-14)10-18(26)20-11-17(25)15-4-2-3-5-16(15)19/h2-9,17,25H,10-11H2,1H3,(H,20,26)/t17-/m0/s1. The number of benzene rings is 2. The number of aromatic nitrogens is 4. The van der Waals surface area contributed by atoms with Crippen LogP contribution in [0, 0.1) is 12.7 Å². The summed E-state index contributed by atoms with van der Waals surface area (Å²) in [4.78, 5) is 12.0. The summed E-state index contributed by atoms with van der Waals surface area (Å²) in [5.41, 5.74) is 1.76. The Labute approximate surface area is 149 Å². The van der Waals surface area contributed by atoms with E-state index in [1.165, 1.54) is 12.1 Å². The van der Waals surface area contributed by atoms with E-state index in [1.807, 2.05) is 24.3 Å². The van der Waals surface area contributed by atoms with Crippen LogP contribution in [0.15, 0.2) is 48.5 Å². The zero-order valence-corrected chi connectivity index (χ0v) is 14.1. The van der Waals surface area contributed by atoms with Crippen molar-refractivity contribution in [3.8, 4) is 5.69 Å². The van der Waals surface area contributed by atoms with Crippen molar-refractivity contribution in [2.45, 2.75) is 19.4 Å². The lowest BCUT2D eigenvalue weighted by Crippen LogP contribution is -2.30. The second-order valence-electron chi connectivity index (χ2n) is 5.82. The van der Waals surface area contributed by atoms with Crippen molar-refractivity contribution in [2.75, 3.05) is 6.54 Å². The molecule has 0 saturated carbocycles. The third-order valence-electron chi connectivity index (χ3n) is 3.93. The SMILES string of the molecule is Cc1nnnn1-c1ccc(CC(=O)NC[C@H](O)c2ccccc2F)cc1. The van der Waals surface area contributed by atoms with Crippen LogP contribution in [0.3, 0.4) is 0 Å². The molecule has 134 valence electrons. The summed E-state index contributed by atoms with van der Waals surface area (Å²) in [6.07, 6.45) is -0.941. The van der Waals surface area contributed by atoms with Crippen molar-refractivity contribution in [3.63, 3.8) is 0 Å². The van der Waals surface area contributed by atoms with Gasteiger partial charge in [-0.15, -0.1) is 5.10 Å². The number of hydrogen-bond acceptors (Lipinski definition) is 5. The first kappa shape index (κ1) is 17.7. The Morgan fingerprint density at radius 1 is 1.23 bits per heavy atom. The molecule has 8 heteroatoms. The van der Waals surface area contributed by atoms with E-state index in [0.717, 1.165) is 11.3 Å². The van der Waals surface area contributed by atoms with E-state index in [1.54, 1.807) is 23.7 Å². The molecule has 0 aliphatic heterocycles. The minimum atomic E-state index is -1.09. The van der Waals surface area contributed by atoms with Crippen molar-refractivity contribution < 1.29 is 14.3 Å². The van der Waals surface area contributed by atoms with Crippen LogP contribution in [0.25, 0.3) is 5.69 Å². The molecule has 1 atom stereocenters. The predicted molar refractivity (Wildman–Crippen MR) is 92.0 cm³/mol. The van der Waals surface area contributed by atoms with E-state index in [4.69, 9.17) is 0 Å². The van der Waals surface area contributed by atoms with Crippen LogP contribution in [0.4, 0.5) is 4.39 Å². The second-order valence-corrected chi connectivity index (χ2v) is 5.82. The summed E-state index contributed by atoms with van der Waals surface area (Å²) >= 11 is 0. The predicted octanol–water partition coefficient (Wildman–Crippen LogP) is 1.50. The van der Waals surface area contributed by atoms with Crippen LogP contribution < -0.4 is 5.32 Å². The van der Waals surface area contributed by atoms with Gasteiger partial charge in [0.1, 0.15) is 5.82 Å². The van der Waals surface area contributed by atoms with Gasteiger partial charge < -0.3 is 10.4 Å². The van der Waals surface area contributed by atoms with Gasteiger partial charge in [0.2, 0.25) is 5.91 Å². The minimum Gasteiger partial charge on any atom is -0.386 e. The monoisotopic (exact) mass is 355 g/mol. The smallest absolute Gasteiger partial charge is 0.224 e. The molecule has 1 amide bonds. The minimum absolute atomic E-state index is 0.0539. The summed E-state index contributed by atoms with van der Waals surface area (Å²) in [6.45, 7) is 1.74. The zero-order chi connectivity index (χ0) is 18.5. The van der Waals surface area contributed by atoms with Crippen molar-refractivity contribution in [2.24, 2.45) is 0 Å². The molecule has 26 heavy (non-hydrogen) atoms. The Morgan fingerprint density at radius 2 is 1.96 bits per heavy atom. The summed E-state index contributed by atoms with van der Waals surface area (Å²) in [6, 6.07) is 13.2. The van der Waals surface area contributed by atoms with Crippen molar-refractivity contribution in [1.29, 1.82) is 0 Å². The van der Waals surface area contributed by atoms with Gasteiger partial charge in [0, 0.05) is 12.1 Å². The molecule has 0 saturated heterocycles. The normalized spacial score (nSPS) is 12.0. The molecule has 0 spiro atoms. The van der Waals surface area contributed by atoms with Gasteiger partial charge in [-0.25, -0.2) is 4.39 Å². The van der Waals surface area contributed by atoms with E-state index >= 15 is 0 Å². The van der Waals surface area contributed by atoms with Gasteiger partial charge in [0.25, 0.3) is 0 Å². The topological polar surface area (TPSA) is 92.9 Å². The average molecular weight is 355 g/mol. The summed E-state index contributed by atoms with van der Waals surface area (Å²) in [5, 5.41) is 23.9. The van der Waals surface area contributed by atoms with Crippen molar-refractivity contribution in [1.82, 2.24) is 25.5 Å². The number of aliphatic hydroxyl groups excluding tert-OH is 1. The fraction of sp³-hybridized carbons (Fsp3) is 0.222. The third-order valence-corrected chi connectivity index (χ3v) is 3.93. The molecule has 0 aliphatic carbocycles. The fourth-order valence-corrected chi connectivity index (χ4v) is 2.54. The maximum Gasteiger partial charge on any atom is 0.224 e. The summed E-state index contributed by atoms with van der Waals surface area (Å²) in [7, 11) is 0. The third kappa shape index (κ3) is 4.09. The lowest BCUT2D eigenvalue weighted by molar-refractivity contribution is -0.120. The maximum absolute atomic E-state index is 13.6. The molecule has 0 unspecified atom stereocenters. The molecular weight excluding hydrogens is 337 g/mol. The number of nitrogens with zero attached hydrogens (tertiary/aromatic N) is 4. The molecule has 0 radical (unpaired) electrons. The lowest BCUT2D eigenvalue weighted by Gasteiger charge is -2.13. The number of tetrazole rings is 1. The number of rotatable bonds is 6. The number of hydrogen-bond donors (Lipinski definition) is 2. The number of aliphatic hydroxyl groups is 1. The van der Waals surface area contributed by atoms with Gasteiger partial charge in [0.15, 0.2) is 5.82 Å². The van der Waals surface area contributed by atoms with Crippen molar-refractivity contribution in [3.05, 3.63) is 71.3 Å². The van der Waals surface area contributed by atoms with Gasteiger partial charge in [-0.05, 0) is 41.1 Å². The zero-order valence-electron chi connectivity index (χ0n) is 14.1. The van der Waals surface area contributed by atoms with Gasteiger partial charge in [-0.2, -0.15) is 4.68 Å². The molecule has 2 N–H and O–H groups in total. The molecule has 3 rings (SSSR count). The molecular formula is C18H18FN5O2. The highest BCUT2D eigenvalue weighted by Crippen LogP contribution is 2.16. The Balaban J connectivity index is 1.55. The van der Waals surface area contributed by atoms with Crippen molar-refractivity contribution >= 4 is 5.91 Å². The van der Waals surface area contributed by atoms with Gasteiger partial charge in [0.05, 0.1) is 18.2 Å². The molecule has 0 fully saturated rings. The first-order valence-electron chi connectivity index (χ1n) is 8.08. The van der Waals surface area contributed by atoms with Crippen LogP contribution in [0.2, 0.25) is 0 Å². The van der Waals surface area contributed by atoms with E-state index in [2.05, 4.69) is 20.8 Å². The van der Waals surface area contributed by atoms with Crippen LogP contribution in [-0.2, 0) is 11.2 Å². The maximum atomic E-state index is 13.6. The molecule has 7 nitrogen and oxygen atoms in total. The Kier molecular flexibility index (Phi) is 5.33. The quantitative estimate of drug-likeness (QED) is 0.699. The number of amides is 1. The fourth-order valence-electron chi connectivity index (χ4n) is 2.54. The number of nitrogens with one attached hydrogen (secondary N) is 1. The van der Waals surface area contributed by atoms with Crippen LogP contribution in [0.5, 0.6) is 0 Å². The van der Waals surface area contributed by atoms with E-state index in [9.17, 15) is 14.3 Å². The van der Waals surface area contributed by atoms with E-state index in [-0.39, 0.29) is 24.4 Å². The van der Waals surface area contributed by atoms with Gasteiger partial charge in [-0.3, -0.25) is 4.79 Å². The first-order chi connectivity index (χ1) is 12.5. The first-order valence-corrected chi connectivity index (χ1v) is 8.08. The Hall–Kier alpha value is -3.13. The Morgan fingerprint density at radius 3 is 2.62 bits per heavy atom. The van der Waals surface area contributed by atoms with Gasteiger partial charge in [-0.1, -0.05) is 30.3 Å². The molecule has 1 heterocycles. The molecule has 2 aromatic carbocycles. The highest BCUT2D eigenvalue weighted by atomic mass is 19.1. The number of aryl methyl sites for hydroxylation is 1. The van der Waals surface area contributed by atoms with E-state index < -0.39 is 11.9 Å². The summed E-state index contributed by atoms with van der Waals surface area (Å²) < 4.78 is 15.2. The number of halogens is 1. The molecule has 3 aromatic rings. The number of carbonyl (C=O) groups excluding carboxylic acids is 1. The summed E-state index contributed by atoms with van der Waals surface area (Å²) in [5.74, 6) is -0.0906. The molecule has 0 bridgehead atoms. The highest BCUT2D eigenvalue weighted by Gasteiger charge is 2.13. The number of carbonyl (C=O) groups is 1. The van der Waals surface area contributed by atoms with Crippen LogP contribution in [-0.4, -0.2) is 37.8 Å². The van der Waals surface area contributed by atoms with Crippen LogP contribution in [0.1, 0.15) is 23.1 Å². The molecule has 1 aromatic heterocycles. The Bertz CT molecular complexity index is 895. The van der Waals surface area contributed by atoms with Gasteiger partial charge >= 0.3 is 0 Å². The highest BCUT2D eigenvalue weighted by molar-refractivity contribution is 5.78.